The van der Waals surface area contributed by atoms with Crippen LogP contribution in [0.4, 0.5) is 11.4 Å². The maximum atomic E-state index is 11.7. The monoisotopic (exact) mass is 352 g/mol. The van der Waals surface area contributed by atoms with Gasteiger partial charge in [-0.05, 0) is 40.9 Å². The number of hydrogen-bond acceptors (Lipinski definition) is 3. The van der Waals surface area contributed by atoms with Crippen LogP contribution in [0.15, 0.2) is 16.6 Å². The van der Waals surface area contributed by atoms with Gasteiger partial charge in [0, 0.05) is 17.6 Å². The molecule has 0 aliphatic carbocycles. The highest BCUT2D eigenvalue weighted by Crippen LogP contribution is 2.35. The van der Waals surface area contributed by atoms with Crippen molar-refractivity contribution in [2.75, 3.05) is 23.3 Å². The summed E-state index contributed by atoms with van der Waals surface area (Å²) in [5.41, 5.74) is 2.10. The lowest BCUT2D eigenvalue weighted by atomic mass is 10.0. The highest BCUT2D eigenvalue weighted by Gasteiger charge is 2.29. The van der Waals surface area contributed by atoms with Crippen molar-refractivity contribution in [2.24, 2.45) is 5.92 Å². The highest BCUT2D eigenvalue weighted by atomic mass is 79.9. The van der Waals surface area contributed by atoms with Crippen LogP contribution >= 0.6 is 15.9 Å². The van der Waals surface area contributed by atoms with Gasteiger partial charge in [-0.15, -0.1) is 0 Å². The number of carbonyl (C=O) groups excluding carboxylic acids is 2. The van der Waals surface area contributed by atoms with E-state index in [0.29, 0.717) is 17.2 Å². The van der Waals surface area contributed by atoms with Crippen LogP contribution in [0, 0.1) is 5.92 Å². The second kappa shape index (κ2) is 6.60. The maximum absolute atomic E-state index is 11.7. The molecule has 2 rings (SSSR count). The molecule has 1 aromatic carbocycles. The van der Waals surface area contributed by atoms with Gasteiger partial charge >= 0.3 is 0 Å². The number of nitrogens with zero attached hydrogens (tertiary/aromatic N) is 1. The molecule has 114 valence electrons. The molecule has 1 N–H and O–H groups in total. The Morgan fingerprint density at radius 1 is 1.19 bits per heavy atom. The molecule has 0 spiro atoms. The van der Waals surface area contributed by atoms with E-state index in [1.165, 1.54) is 0 Å². The Bertz CT molecular complexity index is 568. The predicted molar refractivity (Wildman–Crippen MR) is 89.1 cm³/mol. The molecule has 5 heteroatoms. The fourth-order valence-corrected chi connectivity index (χ4v) is 3.25. The molecule has 0 aromatic heterocycles. The van der Waals surface area contributed by atoms with Crippen molar-refractivity contribution >= 4 is 39.0 Å². The molecule has 1 aliphatic rings. The first-order valence-corrected chi connectivity index (χ1v) is 8.25. The number of fused-ring (bicyclic) bond motifs is 1. The van der Waals surface area contributed by atoms with Gasteiger partial charge in [-0.1, -0.05) is 26.7 Å². The highest BCUT2D eigenvalue weighted by molar-refractivity contribution is 9.10. The Morgan fingerprint density at radius 3 is 2.43 bits per heavy atom. The van der Waals surface area contributed by atoms with E-state index < -0.39 is 11.7 Å². The molecular weight excluding hydrogens is 332 g/mol. The Labute approximate surface area is 134 Å². The molecule has 1 amide bonds. The number of nitrogens with one attached hydrogen (secondary N) is 1. The number of amides is 1. The molecule has 1 heterocycles. The molecule has 0 bridgehead atoms. The van der Waals surface area contributed by atoms with Crippen LogP contribution in [0.2, 0.25) is 0 Å². The summed E-state index contributed by atoms with van der Waals surface area (Å²) >= 11 is 3.54. The lowest BCUT2D eigenvalue weighted by Gasteiger charge is -2.28. The van der Waals surface area contributed by atoms with Crippen LogP contribution in [0.3, 0.4) is 0 Å². The number of benzene rings is 1. The van der Waals surface area contributed by atoms with Crippen molar-refractivity contribution in [1.29, 1.82) is 0 Å². The predicted octanol–water partition coefficient (Wildman–Crippen LogP) is 3.85. The number of anilines is 2. The van der Waals surface area contributed by atoms with Crippen molar-refractivity contribution in [3.8, 4) is 0 Å². The van der Waals surface area contributed by atoms with E-state index >= 15 is 0 Å². The molecule has 0 saturated carbocycles. The number of ketones is 1. The Morgan fingerprint density at radius 2 is 1.86 bits per heavy atom. The number of Topliss-reactive ketones (excluding diaryl/α,β-unsaturated/α-hetero) is 1. The van der Waals surface area contributed by atoms with Crippen LogP contribution < -0.4 is 10.2 Å². The first kappa shape index (κ1) is 16.0. The average Bonchev–Trinajstić information content (AvgIpc) is 2.75. The third-order valence-electron chi connectivity index (χ3n) is 4.14. The molecular formula is C16H21BrN2O2. The molecule has 0 atom stereocenters. The largest absolute Gasteiger partial charge is 0.371 e. The summed E-state index contributed by atoms with van der Waals surface area (Å²) in [6, 6.07) is 3.65. The van der Waals surface area contributed by atoms with Crippen molar-refractivity contribution in [1.82, 2.24) is 0 Å². The summed E-state index contributed by atoms with van der Waals surface area (Å²) in [6.07, 6.45) is 2.29. The van der Waals surface area contributed by atoms with Crippen LogP contribution in [0.25, 0.3) is 0 Å². The molecule has 0 saturated heterocycles. The third-order valence-corrected chi connectivity index (χ3v) is 4.78. The van der Waals surface area contributed by atoms with E-state index in [4.69, 9.17) is 0 Å². The zero-order valence-electron chi connectivity index (χ0n) is 12.7. The number of halogens is 1. The molecule has 21 heavy (non-hydrogen) atoms. The summed E-state index contributed by atoms with van der Waals surface area (Å²) in [4.78, 5) is 25.5. The molecule has 1 aliphatic heterocycles. The van der Waals surface area contributed by atoms with Gasteiger partial charge in [0.05, 0.1) is 16.9 Å². The van der Waals surface area contributed by atoms with E-state index in [-0.39, 0.29) is 0 Å². The Kier molecular flexibility index (Phi) is 5.04. The lowest BCUT2D eigenvalue weighted by molar-refractivity contribution is -0.112. The van der Waals surface area contributed by atoms with E-state index in [1.54, 1.807) is 6.07 Å². The minimum Gasteiger partial charge on any atom is -0.371 e. The molecule has 0 radical (unpaired) electrons. The lowest BCUT2D eigenvalue weighted by Crippen LogP contribution is -2.29. The van der Waals surface area contributed by atoms with Crippen LogP contribution in [-0.2, 0) is 4.79 Å². The standard InChI is InChI=1S/C16H21BrN2O2/c1-4-10(5-2)9-19(6-3)14-8-13-11(7-12(14)17)15(20)16(21)18-13/h7-8,10H,4-6,9H2,1-3H3,(H,18,20,21). The summed E-state index contributed by atoms with van der Waals surface area (Å²) in [7, 11) is 0. The molecule has 1 aromatic rings. The van der Waals surface area contributed by atoms with Crippen LogP contribution in [0.1, 0.15) is 44.0 Å². The minimum atomic E-state index is -0.544. The quantitative estimate of drug-likeness (QED) is 0.791. The summed E-state index contributed by atoms with van der Waals surface area (Å²) in [5, 5.41) is 2.64. The molecule has 0 fully saturated rings. The third kappa shape index (κ3) is 3.12. The summed E-state index contributed by atoms with van der Waals surface area (Å²) in [6.45, 7) is 8.39. The van der Waals surface area contributed by atoms with Gasteiger partial charge in [0.1, 0.15) is 0 Å². The number of rotatable bonds is 6. The maximum Gasteiger partial charge on any atom is 0.296 e. The van der Waals surface area contributed by atoms with Gasteiger partial charge < -0.3 is 10.2 Å². The van der Waals surface area contributed by atoms with Gasteiger partial charge in [0.2, 0.25) is 0 Å². The molecule has 4 nitrogen and oxygen atoms in total. The summed E-state index contributed by atoms with van der Waals surface area (Å²) in [5.74, 6) is -0.362. The fourth-order valence-electron chi connectivity index (χ4n) is 2.65. The van der Waals surface area contributed by atoms with Gasteiger partial charge in [0.15, 0.2) is 0 Å². The van der Waals surface area contributed by atoms with Crippen LogP contribution in [0.5, 0.6) is 0 Å². The van der Waals surface area contributed by atoms with Crippen molar-refractivity contribution in [3.63, 3.8) is 0 Å². The van der Waals surface area contributed by atoms with E-state index in [1.807, 2.05) is 6.07 Å². The van der Waals surface area contributed by atoms with Crippen molar-refractivity contribution in [3.05, 3.63) is 22.2 Å². The first-order chi connectivity index (χ1) is 10.0. The van der Waals surface area contributed by atoms with Crippen molar-refractivity contribution < 1.29 is 9.59 Å². The fraction of sp³-hybridized carbons (Fsp3) is 0.500. The minimum absolute atomic E-state index is 0.453. The zero-order chi connectivity index (χ0) is 15.6. The van der Waals surface area contributed by atoms with E-state index in [9.17, 15) is 9.59 Å². The van der Waals surface area contributed by atoms with Gasteiger partial charge in [0.25, 0.3) is 11.7 Å². The smallest absolute Gasteiger partial charge is 0.296 e. The Hall–Kier alpha value is -1.36. The zero-order valence-corrected chi connectivity index (χ0v) is 14.3. The number of hydrogen-bond donors (Lipinski definition) is 1. The van der Waals surface area contributed by atoms with E-state index in [2.05, 4.69) is 46.9 Å². The summed E-state index contributed by atoms with van der Waals surface area (Å²) < 4.78 is 0.860. The van der Waals surface area contributed by atoms with Crippen molar-refractivity contribution in [2.45, 2.75) is 33.6 Å². The SMILES string of the molecule is CCC(CC)CN(CC)c1cc2c(cc1Br)C(=O)C(=O)N2. The second-order valence-electron chi connectivity index (χ2n) is 5.35. The van der Waals surface area contributed by atoms with Gasteiger partial charge in [-0.3, -0.25) is 9.59 Å². The van der Waals surface area contributed by atoms with Gasteiger partial charge in [-0.25, -0.2) is 0 Å². The second-order valence-corrected chi connectivity index (χ2v) is 6.21. The number of carbonyl (C=O) groups is 2. The van der Waals surface area contributed by atoms with E-state index in [0.717, 1.165) is 36.1 Å². The Balaban J connectivity index is 2.33. The topological polar surface area (TPSA) is 49.4 Å². The normalized spacial score (nSPS) is 13.6. The van der Waals surface area contributed by atoms with Gasteiger partial charge in [-0.2, -0.15) is 0 Å². The van der Waals surface area contributed by atoms with Crippen LogP contribution in [-0.4, -0.2) is 24.8 Å². The molecule has 0 unspecified atom stereocenters. The first-order valence-electron chi connectivity index (χ1n) is 7.45. The average molecular weight is 353 g/mol.